The molecule has 1 aliphatic heterocycles. The van der Waals surface area contributed by atoms with Crippen LogP contribution in [0.4, 0.5) is 11.4 Å². The number of hydrogen-bond donors (Lipinski definition) is 1. The minimum absolute atomic E-state index is 0.0328. The number of nitrogens with one attached hydrogen (secondary N) is 1. The standard InChI is InChI=1S/C23H22N2O3/c1-2-28-21-13-6-5-11-19(21)24-23(27)17-14-22(26)25(15-17)20-12-7-9-16-8-3-4-10-18(16)20/h3-13,17H,2,14-15H2,1H3,(H,24,27)/t17-/m0/s1. The van der Waals surface area contributed by atoms with Crippen molar-refractivity contribution in [2.45, 2.75) is 13.3 Å². The molecule has 1 N–H and O–H groups in total. The third-order valence-electron chi connectivity index (χ3n) is 5.00. The molecule has 0 aromatic heterocycles. The SMILES string of the molecule is CCOc1ccccc1NC(=O)[C@H]1CC(=O)N(c2cccc3ccccc23)C1. The van der Waals surface area contributed by atoms with Gasteiger partial charge in [-0.05, 0) is 30.5 Å². The van der Waals surface area contributed by atoms with Crippen LogP contribution in [-0.4, -0.2) is 25.0 Å². The predicted molar refractivity (Wildman–Crippen MR) is 111 cm³/mol. The van der Waals surface area contributed by atoms with Gasteiger partial charge >= 0.3 is 0 Å². The number of benzene rings is 3. The quantitative estimate of drug-likeness (QED) is 0.727. The second kappa shape index (κ2) is 7.72. The van der Waals surface area contributed by atoms with Gasteiger partial charge in [0.1, 0.15) is 5.75 Å². The molecule has 4 rings (SSSR count). The fourth-order valence-corrected chi connectivity index (χ4v) is 3.65. The maximum atomic E-state index is 12.8. The Morgan fingerprint density at radius 1 is 1.07 bits per heavy atom. The van der Waals surface area contributed by atoms with Crippen LogP contribution in [0.3, 0.4) is 0 Å². The van der Waals surface area contributed by atoms with E-state index in [-0.39, 0.29) is 18.2 Å². The minimum atomic E-state index is -0.402. The van der Waals surface area contributed by atoms with Crippen LogP contribution in [0.5, 0.6) is 5.75 Å². The molecule has 0 spiro atoms. The summed E-state index contributed by atoms with van der Waals surface area (Å²) < 4.78 is 5.57. The highest BCUT2D eigenvalue weighted by Crippen LogP contribution is 2.32. The highest BCUT2D eigenvalue weighted by atomic mass is 16.5. The first-order valence-corrected chi connectivity index (χ1v) is 9.48. The first-order valence-electron chi connectivity index (χ1n) is 9.48. The molecule has 3 aromatic rings. The molecule has 1 atom stereocenters. The third-order valence-corrected chi connectivity index (χ3v) is 5.00. The van der Waals surface area contributed by atoms with Crippen LogP contribution in [-0.2, 0) is 9.59 Å². The summed E-state index contributed by atoms with van der Waals surface area (Å²) in [6, 6.07) is 21.2. The van der Waals surface area contributed by atoms with Gasteiger partial charge in [0.05, 0.1) is 23.9 Å². The largest absolute Gasteiger partial charge is 0.492 e. The van der Waals surface area contributed by atoms with Crippen LogP contribution < -0.4 is 15.0 Å². The second-order valence-electron chi connectivity index (χ2n) is 6.82. The number of carbonyl (C=O) groups is 2. The molecule has 5 heteroatoms. The number of nitrogens with zero attached hydrogens (tertiary/aromatic N) is 1. The summed E-state index contributed by atoms with van der Waals surface area (Å²) in [5, 5.41) is 5.01. The van der Waals surface area contributed by atoms with E-state index in [1.807, 2.05) is 73.7 Å². The van der Waals surface area contributed by atoms with Crippen LogP contribution in [0, 0.1) is 5.92 Å². The van der Waals surface area contributed by atoms with Crippen LogP contribution in [0.1, 0.15) is 13.3 Å². The van der Waals surface area contributed by atoms with Gasteiger partial charge in [-0.3, -0.25) is 9.59 Å². The fourth-order valence-electron chi connectivity index (χ4n) is 3.65. The van der Waals surface area contributed by atoms with E-state index in [1.165, 1.54) is 0 Å². The van der Waals surface area contributed by atoms with E-state index in [9.17, 15) is 9.59 Å². The Labute approximate surface area is 163 Å². The van der Waals surface area contributed by atoms with Crippen molar-refractivity contribution in [3.05, 3.63) is 66.7 Å². The number of para-hydroxylation sites is 2. The van der Waals surface area contributed by atoms with E-state index in [2.05, 4.69) is 5.32 Å². The fraction of sp³-hybridized carbons (Fsp3) is 0.217. The molecule has 28 heavy (non-hydrogen) atoms. The normalized spacial score (nSPS) is 16.4. The lowest BCUT2D eigenvalue weighted by molar-refractivity contribution is -0.122. The highest BCUT2D eigenvalue weighted by molar-refractivity contribution is 6.08. The van der Waals surface area contributed by atoms with Gasteiger partial charge in [0, 0.05) is 18.4 Å². The zero-order valence-corrected chi connectivity index (χ0v) is 15.7. The smallest absolute Gasteiger partial charge is 0.229 e. The molecule has 0 unspecified atom stereocenters. The van der Waals surface area contributed by atoms with Gasteiger partial charge in [-0.25, -0.2) is 0 Å². The summed E-state index contributed by atoms with van der Waals surface area (Å²) in [6.45, 7) is 2.79. The zero-order chi connectivity index (χ0) is 19.5. The third kappa shape index (κ3) is 3.43. The lowest BCUT2D eigenvalue weighted by Gasteiger charge is -2.19. The van der Waals surface area contributed by atoms with Gasteiger partial charge in [-0.2, -0.15) is 0 Å². The lowest BCUT2D eigenvalue weighted by atomic mass is 10.1. The Kier molecular flexibility index (Phi) is 4.98. The summed E-state index contributed by atoms with van der Waals surface area (Å²) in [5.74, 6) is 0.0348. The molecule has 3 aromatic carbocycles. The van der Waals surface area contributed by atoms with Crippen molar-refractivity contribution in [1.82, 2.24) is 0 Å². The lowest BCUT2D eigenvalue weighted by Crippen LogP contribution is -2.28. The molecule has 1 aliphatic rings. The van der Waals surface area contributed by atoms with Crippen molar-refractivity contribution in [3.63, 3.8) is 0 Å². The second-order valence-corrected chi connectivity index (χ2v) is 6.82. The molecule has 142 valence electrons. The number of hydrogen-bond acceptors (Lipinski definition) is 3. The molecule has 0 aliphatic carbocycles. The Morgan fingerprint density at radius 3 is 2.68 bits per heavy atom. The maximum Gasteiger partial charge on any atom is 0.229 e. The van der Waals surface area contributed by atoms with Gasteiger partial charge in [0.2, 0.25) is 11.8 Å². The van der Waals surface area contributed by atoms with Crippen LogP contribution in [0.15, 0.2) is 66.7 Å². The van der Waals surface area contributed by atoms with Gasteiger partial charge in [0.25, 0.3) is 0 Å². The van der Waals surface area contributed by atoms with Crippen LogP contribution >= 0.6 is 0 Å². The summed E-state index contributed by atoms with van der Waals surface area (Å²) in [6.07, 6.45) is 0.200. The number of amides is 2. The van der Waals surface area contributed by atoms with Gasteiger partial charge < -0.3 is 15.0 Å². The molecule has 1 saturated heterocycles. The van der Waals surface area contributed by atoms with Gasteiger partial charge in [0.15, 0.2) is 0 Å². The van der Waals surface area contributed by atoms with Crippen molar-refractivity contribution in [1.29, 1.82) is 0 Å². The average molecular weight is 374 g/mol. The molecule has 1 heterocycles. The zero-order valence-electron chi connectivity index (χ0n) is 15.7. The van der Waals surface area contributed by atoms with Gasteiger partial charge in [-0.1, -0.05) is 48.5 Å². The van der Waals surface area contributed by atoms with E-state index >= 15 is 0 Å². The Hall–Kier alpha value is -3.34. The van der Waals surface area contributed by atoms with Crippen molar-refractivity contribution < 1.29 is 14.3 Å². The first kappa shape index (κ1) is 18.0. The van der Waals surface area contributed by atoms with Crippen molar-refractivity contribution in [2.75, 3.05) is 23.4 Å². The van der Waals surface area contributed by atoms with E-state index < -0.39 is 5.92 Å². The number of anilines is 2. The van der Waals surface area contributed by atoms with Crippen LogP contribution in [0.2, 0.25) is 0 Å². The Morgan fingerprint density at radius 2 is 1.82 bits per heavy atom. The Bertz CT molecular complexity index is 1030. The summed E-state index contributed by atoms with van der Waals surface area (Å²) in [5.41, 5.74) is 1.48. The Balaban J connectivity index is 1.54. The highest BCUT2D eigenvalue weighted by Gasteiger charge is 2.36. The molecule has 2 amide bonds. The molecule has 0 bridgehead atoms. The molecule has 5 nitrogen and oxygen atoms in total. The minimum Gasteiger partial charge on any atom is -0.492 e. The summed E-state index contributed by atoms with van der Waals surface area (Å²) in [7, 11) is 0. The van der Waals surface area contributed by atoms with E-state index in [0.29, 0.717) is 24.6 Å². The number of fused-ring (bicyclic) bond motifs is 1. The first-order chi connectivity index (χ1) is 13.7. The molecule has 0 saturated carbocycles. The summed E-state index contributed by atoms with van der Waals surface area (Å²) >= 11 is 0. The van der Waals surface area contributed by atoms with E-state index in [1.54, 1.807) is 4.90 Å². The summed E-state index contributed by atoms with van der Waals surface area (Å²) in [4.78, 5) is 27.2. The topological polar surface area (TPSA) is 58.6 Å². The van der Waals surface area contributed by atoms with Crippen LogP contribution in [0.25, 0.3) is 10.8 Å². The molecular weight excluding hydrogens is 352 g/mol. The van der Waals surface area contributed by atoms with Crippen molar-refractivity contribution in [2.24, 2.45) is 5.92 Å². The molecular formula is C23H22N2O3. The van der Waals surface area contributed by atoms with Crippen molar-refractivity contribution in [3.8, 4) is 5.75 Å². The van der Waals surface area contributed by atoms with Crippen molar-refractivity contribution >= 4 is 34.0 Å². The van der Waals surface area contributed by atoms with Gasteiger partial charge in [-0.15, -0.1) is 0 Å². The number of ether oxygens (including phenoxy) is 1. The van der Waals surface area contributed by atoms with E-state index in [0.717, 1.165) is 16.5 Å². The number of carbonyl (C=O) groups excluding carboxylic acids is 2. The predicted octanol–water partition coefficient (Wildman–Crippen LogP) is 4.23. The van der Waals surface area contributed by atoms with E-state index in [4.69, 9.17) is 4.74 Å². The monoisotopic (exact) mass is 374 g/mol. The maximum absolute atomic E-state index is 12.8. The average Bonchev–Trinajstić information content (AvgIpc) is 3.11. The number of rotatable bonds is 5. The molecule has 0 radical (unpaired) electrons. The molecule has 1 fully saturated rings.